The Morgan fingerprint density at radius 1 is 0.947 bits per heavy atom. The first-order valence-electron chi connectivity index (χ1n) is 5.96. The highest BCUT2D eigenvalue weighted by Crippen LogP contribution is 2.12. The maximum absolute atomic E-state index is 10.8. The average Bonchev–Trinajstić information content (AvgIpc) is 2.25. The van der Waals surface area contributed by atoms with Crippen molar-refractivity contribution in [1.82, 2.24) is 4.90 Å². The molecule has 0 aromatic rings. The zero-order chi connectivity index (χ0) is 14.8. The molecule has 0 heterocycles. The molecule has 0 bridgehead atoms. The lowest BCUT2D eigenvalue weighted by atomic mass is 10.0. The number of hydrogen-bond donors (Lipinski definition) is 4. The van der Waals surface area contributed by atoms with E-state index in [9.17, 15) is 14.4 Å². The fourth-order valence-electron chi connectivity index (χ4n) is 1.80. The monoisotopic (exact) mass is 276 g/mol. The third kappa shape index (κ3) is 8.97. The summed E-state index contributed by atoms with van der Waals surface area (Å²) in [6.07, 6.45) is 1.43. The number of rotatable bonds is 11. The summed E-state index contributed by atoms with van der Waals surface area (Å²) in [6.45, 7) is -0.530. The summed E-state index contributed by atoms with van der Waals surface area (Å²) in [7, 11) is 0. The van der Waals surface area contributed by atoms with E-state index in [-0.39, 0.29) is 6.42 Å². The molecule has 0 rings (SSSR count). The molecule has 0 aliphatic heterocycles. The van der Waals surface area contributed by atoms with Crippen LogP contribution in [0.2, 0.25) is 0 Å². The first-order valence-corrected chi connectivity index (χ1v) is 5.96. The Kier molecular flexibility index (Phi) is 8.47. The van der Waals surface area contributed by atoms with E-state index < -0.39 is 37.0 Å². The molecule has 0 spiro atoms. The third-order valence-corrected chi connectivity index (χ3v) is 2.59. The Morgan fingerprint density at radius 2 is 1.47 bits per heavy atom. The summed E-state index contributed by atoms with van der Waals surface area (Å²) in [6, 6.07) is -0.615. The molecule has 0 aliphatic rings. The van der Waals surface area contributed by atoms with Crippen LogP contribution < -0.4 is 5.73 Å². The number of carboxylic acid groups (broad SMARTS) is 3. The predicted molar refractivity (Wildman–Crippen MR) is 65.8 cm³/mol. The normalized spacial score (nSPS) is 12.3. The highest BCUT2D eigenvalue weighted by atomic mass is 16.4. The molecule has 0 aliphatic carbocycles. The van der Waals surface area contributed by atoms with Crippen molar-refractivity contribution in [3.8, 4) is 0 Å². The molecule has 19 heavy (non-hydrogen) atoms. The second-order valence-corrected chi connectivity index (χ2v) is 4.23. The standard InChI is InChI=1S/C11H20N2O6/c12-4-2-1-3-8(5-9(14)15)13(6-10(16)17)7-11(18)19/h8H,1-7,12H2,(H,14,15)(H,16,17)(H,18,19)/t8-/m0/s1. The quantitative estimate of drug-likeness (QED) is 0.368. The molecule has 8 heteroatoms. The van der Waals surface area contributed by atoms with Gasteiger partial charge < -0.3 is 21.1 Å². The fourth-order valence-corrected chi connectivity index (χ4v) is 1.80. The van der Waals surface area contributed by atoms with Crippen LogP contribution in [0.3, 0.4) is 0 Å². The molecule has 5 N–H and O–H groups in total. The van der Waals surface area contributed by atoms with Gasteiger partial charge in [0.05, 0.1) is 19.5 Å². The topological polar surface area (TPSA) is 141 Å². The van der Waals surface area contributed by atoms with Gasteiger partial charge in [-0.2, -0.15) is 0 Å². The minimum absolute atomic E-state index is 0.287. The van der Waals surface area contributed by atoms with Gasteiger partial charge in [0, 0.05) is 6.04 Å². The van der Waals surface area contributed by atoms with Gasteiger partial charge in [0.1, 0.15) is 0 Å². The first kappa shape index (κ1) is 17.3. The molecule has 0 aromatic heterocycles. The smallest absolute Gasteiger partial charge is 0.317 e. The lowest BCUT2D eigenvalue weighted by molar-refractivity contribution is -0.146. The van der Waals surface area contributed by atoms with E-state index in [0.717, 1.165) is 4.90 Å². The summed E-state index contributed by atoms with van der Waals surface area (Å²) >= 11 is 0. The molecule has 0 aromatic carbocycles. The Labute approximate surface area is 110 Å². The van der Waals surface area contributed by atoms with Crippen molar-refractivity contribution in [1.29, 1.82) is 0 Å². The maximum atomic E-state index is 10.8. The van der Waals surface area contributed by atoms with Crippen LogP contribution >= 0.6 is 0 Å². The van der Waals surface area contributed by atoms with Gasteiger partial charge >= 0.3 is 17.9 Å². The third-order valence-electron chi connectivity index (χ3n) is 2.59. The van der Waals surface area contributed by atoms with E-state index in [1.807, 2.05) is 0 Å². The second kappa shape index (κ2) is 9.29. The molecule has 110 valence electrons. The van der Waals surface area contributed by atoms with Crippen molar-refractivity contribution in [2.24, 2.45) is 5.73 Å². The Hall–Kier alpha value is -1.67. The van der Waals surface area contributed by atoms with Crippen LogP contribution in [-0.4, -0.2) is 63.8 Å². The molecular weight excluding hydrogens is 256 g/mol. The molecular formula is C11H20N2O6. The lowest BCUT2D eigenvalue weighted by Crippen LogP contribution is -2.43. The van der Waals surface area contributed by atoms with E-state index in [1.54, 1.807) is 0 Å². The van der Waals surface area contributed by atoms with Crippen LogP contribution in [-0.2, 0) is 14.4 Å². The molecule has 0 radical (unpaired) electrons. The first-order chi connectivity index (χ1) is 8.86. The van der Waals surface area contributed by atoms with E-state index in [2.05, 4.69) is 0 Å². The number of unbranched alkanes of at least 4 members (excludes halogenated alkanes) is 1. The van der Waals surface area contributed by atoms with Crippen LogP contribution in [0.15, 0.2) is 0 Å². The van der Waals surface area contributed by atoms with Crippen LogP contribution in [0.5, 0.6) is 0 Å². The van der Waals surface area contributed by atoms with Crippen molar-refractivity contribution in [2.75, 3.05) is 19.6 Å². The zero-order valence-electron chi connectivity index (χ0n) is 10.6. The molecule has 8 nitrogen and oxygen atoms in total. The summed E-state index contributed by atoms with van der Waals surface area (Å²) in [5.74, 6) is -3.45. The predicted octanol–water partition coefficient (Wildman–Crippen LogP) is -0.570. The van der Waals surface area contributed by atoms with E-state index in [4.69, 9.17) is 21.1 Å². The van der Waals surface area contributed by atoms with Gasteiger partial charge in [-0.1, -0.05) is 6.42 Å². The Bertz CT molecular complexity index is 304. The number of nitrogens with two attached hydrogens (primary N) is 1. The number of carboxylic acids is 3. The Balaban J connectivity index is 4.71. The summed E-state index contributed by atoms with van der Waals surface area (Å²) < 4.78 is 0. The van der Waals surface area contributed by atoms with Gasteiger partial charge in [-0.25, -0.2) is 0 Å². The minimum atomic E-state index is -1.18. The molecule has 1 atom stereocenters. The molecule has 0 unspecified atom stereocenters. The minimum Gasteiger partial charge on any atom is -0.481 e. The van der Waals surface area contributed by atoms with E-state index >= 15 is 0 Å². The van der Waals surface area contributed by atoms with Crippen LogP contribution in [0, 0.1) is 0 Å². The summed E-state index contributed by atoms with van der Waals surface area (Å²) in [4.78, 5) is 33.4. The highest BCUT2D eigenvalue weighted by Gasteiger charge is 2.24. The van der Waals surface area contributed by atoms with Crippen LogP contribution in [0.25, 0.3) is 0 Å². The molecule has 0 saturated carbocycles. The average molecular weight is 276 g/mol. The van der Waals surface area contributed by atoms with Gasteiger partial charge in [0.15, 0.2) is 0 Å². The zero-order valence-corrected chi connectivity index (χ0v) is 10.6. The number of aliphatic carboxylic acids is 3. The summed E-state index contributed by atoms with van der Waals surface area (Å²) in [5, 5.41) is 26.3. The van der Waals surface area contributed by atoms with E-state index in [1.165, 1.54) is 0 Å². The Morgan fingerprint density at radius 3 is 1.84 bits per heavy atom. The lowest BCUT2D eigenvalue weighted by Gasteiger charge is -2.27. The number of hydrogen-bond acceptors (Lipinski definition) is 5. The molecule has 0 fully saturated rings. The number of carbonyl (C=O) groups is 3. The van der Waals surface area contributed by atoms with Crippen molar-refractivity contribution >= 4 is 17.9 Å². The highest BCUT2D eigenvalue weighted by molar-refractivity contribution is 5.73. The van der Waals surface area contributed by atoms with Gasteiger partial charge in [0.2, 0.25) is 0 Å². The molecule has 0 saturated heterocycles. The van der Waals surface area contributed by atoms with Crippen molar-refractivity contribution in [3.05, 3.63) is 0 Å². The van der Waals surface area contributed by atoms with Crippen molar-refractivity contribution in [2.45, 2.75) is 31.7 Å². The van der Waals surface area contributed by atoms with Crippen molar-refractivity contribution < 1.29 is 29.7 Å². The fraction of sp³-hybridized carbons (Fsp3) is 0.727. The number of nitrogens with zero attached hydrogens (tertiary/aromatic N) is 1. The van der Waals surface area contributed by atoms with Gasteiger partial charge in [-0.15, -0.1) is 0 Å². The second-order valence-electron chi connectivity index (χ2n) is 4.23. The van der Waals surface area contributed by atoms with E-state index in [0.29, 0.717) is 25.8 Å². The van der Waals surface area contributed by atoms with Crippen molar-refractivity contribution in [3.63, 3.8) is 0 Å². The van der Waals surface area contributed by atoms with Gasteiger partial charge in [-0.3, -0.25) is 19.3 Å². The summed E-state index contributed by atoms with van der Waals surface area (Å²) in [5.41, 5.74) is 5.34. The van der Waals surface area contributed by atoms with Crippen LogP contribution in [0.4, 0.5) is 0 Å². The molecule has 0 amide bonds. The SMILES string of the molecule is NCCCC[C@@H](CC(=O)O)N(CC(=O)O)CC(=O)O. The largest absolute Gasteiger partial charge is 0.481 e. The van der Waals surface area contributed by atoms with Crippen LogP contribution in [0.1, 0.15) is 25.7 Å². The maximum Gasteiger partial charge on any atom is 0.317 e. The van der Waals surface area contributed by atoms with Gasteiger partial charge in [0.25, 0.3) is 0 Å². The van der Waals surface area contributed by atoms with Gasteiger partial charge in [-0.05, 0) is 19.4 Å².